The summed E-state index contributed by atoms with van der Waals surface area (Å²) in [6.07, 6.45) is -0.601. The van der Waals surface area contributed by atoms with E-state index in [2.05, 4.69) is 34.9 Å². The molecule has 0 amide bonds. The second kappa shape index (κ2) is 10.6. The molecule has 4 rings (SSSR count). The highest BCUT2D eigenvalue weighted by atomic mass is 35.5. The van der Waals surface area contributed by atoms with Crippen LogP contribution in [0, 0.1) is 0 Å². The molecule has 32 heavy (non-hydrogen) atoms. The van der Waals surface area contributed by atoms with Crippen molar-refractivity contribution in [2.75, 3.05) is 0 Å². The second-order valence-corrected chi connectivity index (χ2v) is 8.78. The Morgan fingerprint density at radius 2 is 1.31 bits per heavy atom. The standard InChI is InChI=1S/C25H27Cl2N3O2/c1-16-25(28)32-24-11-20(6-8-23(24)31-16)15-30-13-18-4-2-3-17(9-18)12-29-14-19-5-7-21(26)22(27)10-19/h2-11,16,25,29-30H,12-15,28H2,1H3. The number of halogens is 2. The van der Waals surface area contributed by atoms with Crippen LogP contribution < -0.4 is 25.8 Å². The van der Waals surface area contributed by atoms with E-state index in [0.29, 0.717) is 15.8 Å². The molecule has 1 aliphatic rings. The third-order valence-electron chi connectivity index (χ3n) is 5.34. The largest absolute Gasteiger partial charge is 0.481 e. The summed E-state index contributed by atoms with van der Waals surface area (Å²) in [7, 11) is 0. The first kappa shape index (κ1) is 22.9. The highest BCUT2D eigenvalue weighted by Crippen LogP contribution is 2.33. The van der Waals surface area contributed by atoms with Gasteiger partial charge in [0.05, 0.1) is 10.0 Å². The lowest BCUT2D eigenvalue weighted by atomic mass is 10.1. The molecule has 2 unspecified atom stereocenters. The minimum atomic E-state index is -0.446. The van der Waals surface area contributed by atoms with E-state index in [0.717, 1.165) is 43.1 Å². The highest BCUT2D eigenvalue weighted by molar-refractivity contribution is 6.42. The number of rotatable bonds is 8. The molecule has 2 atom stereocenters. The van der Waals surface area contributed by atoms with Crippen molar-refractivity contribution >= 4 is 23.2 Å². The maximum Gasteiger partial charge on any atom is 0.184 e. The van der Waals surface area contributed by atoms with Gasteiger partial charge in [-0.25, -0.2) is 0 Å². The Bertz CT molecular complexity index is 1080. The minimum Gasteiger partial charge on any atom is -0.481 e. The lowest BCUT2D eigenvalue weighted by Gasteiger charge is -2.29. The molecular weight excluding hydrogens is 445 g/mol. The first-order chi connectivity index (χ1) is 15.5. The van der Waals surface area contributed by atoms with Crippen molar-refractivity contribution in [2.24, 2.45) is 5.73 Å². The molecule has 0 bridgehead atoms. The van der Waals surface area contributed by atoms with E-state index in [4.69, 9.17) is 38.4 Å². The van der Waals surface area contributed by atoms with Crippen LogP contribution in [0.2, 0.25) is 10.0 Å². The van der Waals surface area contributed by atoms with Crippen molar-refractivity contribution in [3.05, 3.63) is 93.0 Å². The van der Waals surface area contributed by atoms with Gasteiger partial charge in [-0.3, -0.25) is 5.73 Å². The van der Waals surface area contributed by atoms with Gasteiger partial charge in [0.15, 0.2) is 17.7 Å². The zero-order chi connectivity index (χ0) is 22.5. The van der Waals surface area contributed by atoms with Gasteiger partial charge in [-0.1, -0.05) is 59.6 Å². The van der Waals surface area contributed by atoms with Gasteiger partial charge in [0.1, 0.15) is 6.10 Å². The zero-order valence-corrected chi connectivity index (χ0v) is 19.4. The Kier molecular flexibility index (Phi) is 7.55. The Labute approximate surface area is 198 Å². The zero-order valence-electron chi connectivity index (χ0n) is 17.9. The number of nitrogens with one attached hydrogen (secondary N) is 2. The fourth-order valence-corrected chi connectivity index (χ4v) is 3.88. The summed E-state index contributed by atoms with van der Waals surface area (Å²) >= 11 is 12.1. The van der Waals surface area contributed by atoms with Crippen molar-refractivity contribution in [1.82, 2.24) is 10.6 Å². The molecule has 0 spiro atoms. The molecule has 3 aromatic rings. The van der Waals surface area contributed by atoms with Gasteiger partial charge in [-0.15, -0.1) is 0 Å². The third kappa shape index (κ3) is 5.94. The van der Waals surface area contributed by atoms with Gasteiger partial charge in [-0.05, 0) is 53.4 Å². The van der Waals surface area contributed by atoms with E-state index in [1.807, 2.05) is 43.3 Å². The Morgan fingerprint density at radius 3 is 1.97 bits per heavy atom. The molecule has 1 heterocycles. The summed E-state index contributed by atoms with van der Waals surface area (Å²) in [6, 6.07) is 20.2. The van der Waals surface area contributed by atoms with Crippen molar-refractivity contribution in [3.8, 4) is 11.5 Å². The van der Waals surface area contributed by atoms with Gasteiger partial charge >= 0.3 is 0 Å². The molecule has 4 N–H and O–H groups in total. The maximum absolute atomic E-state index is 6.08. The Balaban J connectivity index is 1.26. The average Bonchev–Trinajstić information content (AvgIpc) is 2.77. The molecule has 0 saturated carbocycles. The van der Waals surface area contributed by atoms with Crippen LogP contribution in [-0.4, -0.2) is 12.3 Å². The van der Waals surface area contributed by atoms with Crippen molar-refractivity contribution in [2.45, 2.75) is 45.4 Å². The van der Waals surface area contributed by atoms with E-state index >= 15 is 0 Å². The molecule has 1 aliphatic heterocycles. The molecular formula is C25H27Cl2N3O2. The van der Waals surface area contributed by atoms with E-state index in [-0.39, 0.29) is 6.10 Å². The van der Waals surface area contributed by atoms with Crippen molar-refractivity contribution in [3.63, 3.8) is 0 Å². The lowest BCUT2D eigenvalue weighted by Crippen LogP contribution is -2.44. The number of nitrogens with two attached hydrogens (primary N) is 1. The topological polar surface area (TPSA) is 68.5 Å². The van der Waals surface area contributed by atoms with E-state index in [1.54, 1.807) is 0 Å². The maximum atomic E-state index is 6.08. The van der Waals surface area contributed by atoms with Gasteiger partial charge < -0.3 is 20.1 Å². The molecule has 0 radical (unpaired) electrons. The Hall–Kier alpha value is -2.28. The molecule has 0 aliphatic carbocycles. The van der Waals surface area contributed by atoms with Crippen LogP contribution in [0.1, 0.15) is 29.2 Å². The highest BCUT2D eigenvalue weighted by Gasteiger charge is 2.24. The quantitative estimate of drug-likeness (QED) is 0.430. The lowest BCUT2D eigenvalue weighted by molar-refractivity contribution is 0.0355. The smallest absolute Gasteiger partial charge is 0.184 e. The van der Waals surface area contributed by atoms with Gasteiger partial charge in [-0.2, -0.15) is 0 Å². The predicted octanol–water partition coefficient (Wildman–Crippen LogP) is 5.02. The van der Waals surface area contributed by atoms with Crippen LogP contribution in [0.15, 0.2) is 60.7 Å². The molecule has 3 aromatic carbocycles. The summed E-state index contributed by atoms with van der Waals surface area (Å²) in [5.74, 6) is 1.44. The molecule has 0 fully saturated rings. The molecule has 0 saturated heterocycles. The number of hydrogen-bond acceptors (Lipinski definition) is 5. The third-order valence-corrected chi connectivity index (χ3v) is 6.08. The fraction of sp³-hybridized carbons (Fsp3) is 0.280. The number of benzene rings is 3. The van der Waals surface area contributed by atoms with Crippen LogP contribution in [0.3, 0.4) is 0 Å². The summed E-state index contributed by atoms with van der Waals surface area (Å²) < 4.78 is 11.5. The Morgan fingerprint density at radius 1 is 0.719 bits per heavy atom. The molecule has 0 aromatic heterocycles. The summed E-state index contributed by atoms with van der Waals surface area (Å²) in [4.78, 5) is 0. The molecule has 5 nitrogen and oxygen atoms in total. The summed E-state index contributed by atoms with van der Waals surface area (Å²) in [5, 5.41) is 8.09. The van der Waals surface area contributed by atoms with E-state index < -0.39 is 6.23 Å². The average molecular weight is 472 g/mol. The van der Waals surface area contributed by atoms with Crippen LogP contribution in [0.4, 0.5) is 0 Å². The number of ether oxygens (including phenoxy) is 2. The monoisotopic (exact) mass is 471 g/mol. The van der Waals surface area contributed by atoms with E-state index in [9.17, 15) is 0 Å². The summed E-state index contributed by atoms with van der Waals surface area (Å²) in [6.45, 7) is 4.90. The van der Waals surface area contributed by atoms with Crippen molar-refractivity contribution < 1.29 is 9.47 Å². The van der Waals surface area contributed by atoms with Gasteiger partial charge in [0.25, 0.3) is 0 Å². The van der Waals surface area contributed by atoms with E-state index in [1.165, 1.54) is 11.1 Å². The van der Waals surface area contributed by atoms with Crippen LogP contribution in [0.25, 0.3) is 0 Å². The predicted molar refractivity (Wildman–Crippen MR) is 129 cm³/mol. The number of fused-ring (bicyclic) bond motifs is 1. The van der Waals surface area contributed by atoms with Gasteiger partial charge in [0, 0.05) is 26.2 Å². The van der Waals surface area contributed by atoms with Crippen molar-refractivity contribution in [1.29, 1.82) is 0 Å². The first-order valence-electron chi connectivity index (χ1n) is 10.6. The molecule has 7 heteroatoms. The number of hydrogen-bond donors (Lipinski definition) is 3. The minimum absolute atomic E-state index is 0.155. The summed E-state index contributed by atoms with van der Waals surface area (Å²) in [5.41, 5.74) is 10.6. The first-order valence-corrected chi connectivity index (χ1v) is 11.4. The van der Waals surface area contributed by atoms with Crippen LogP contribution in [-0.2, 0) is 26.2 Å². The second-order valence-electron chi connectivity index (χ2n) is 7.96. The van der Waals surface area contributed by atoms with Crippen LogP contribution in [0.5, 0.6) is 11.5 Å². The van der Waals surface area contributed by atoms with Gasteiger partial charge in [0.2, 0.25) is 0 Å². The fourth-order valence-electron chi connectivity index (χ4n) is 3.56. The van der Waals surface area contributed by atoms with Crippen LogP contribution >= 0.6 is 23.2 Å². The molecule has 168 valence electrons. The SMILES string of the molecule is CC1Oc2ccc(CNCc3cccc(CNCc4ccc(Cl)c(Cl)c4)c3)cc2OC1N. The normalized spacial score (nSPS) is 17.4.